The van der Waals surface area contributed by atoms with Crippen molar-refractivity contribution in [1.82, 2.24) is 41.2 Å². The molecule has 2 heterocycles. The van der Waals surface area contributed by atoms with Crippen molar-refractivity contribution in [2.45, 2.75) is 6.92 Å². The number of aromatic amines is 2. The van der Waals surface area contributed by atoms with Gasteiger partial charge in [0.25, 0.3) is 0 Å². The highest BCUT2D eigenvalue weighted by molar-refractivity contribution is 5.66. The van der Waals surface area contributed by atoms with Gasteiger partial charge in [-0.25, -0.2) is 0 Å². The molecule has 84 valence electrons. The van der Waals surface area contributed by atoms with Crippen LogP contribution in [-0.4, -0.2) is 41.2 Å². The summed E-state index contributed by atoms with van der Waals surface area (Å²) in [6.45, 7) is 1.97. The van der Waals surface area contributed by atoms with Gasteiger partial charge in [0, 0.05) is 11.1 Å². The van der Waals surface area contributed by atoms with E-state index < -0.39 is 0 Å². The number of H-pyrrole nitrogens is 2. The topological polar surface area (TPSA) is 109 Å². The minimum absolute atomic E-state index is 0.563. The zero-order chi connectivity index (χ0) is 11.7. The van der Waals surface area contributed by atoms with E-state index in [9.17, 15) is 0 Å². The number of tetrazole rings is 2. The summed E-state index contributed by atoms with van der Waals surface area (Å²) in [5.74, 6) is 1.13. The Hall–Kier alpha value is -2.64. The summed E-state index contributed by atoms with van der Waals surface area (Å²) in [4.78, 5) is 0. The highest BCUT2D eigenvalue weighted by Gasteiger charge is 2.09. The average molecular weight is 228 g/mol. The van der Waals surface area contributed by atoms with Gasteiger partial charge in [0.15, 0.2) is 0 Å². The third-order valence-corrected chi connectivity index (χ3v) is 2.42. The predicted molar refractivity (Wildman–Crippen MR) is 57.5 cm³/mol. The minimum atomic E-state index is 0.563. The van der Waals surface area contributed by atoms with Crippen LogP contribution >= 0.6 is 0 Å². The van der Waals surface area contributed by atoms with Gasteiger partial charge in [-0.15, -0.1) is 20.4 Å². The van der Waals surface area contributed by atoms with Crippen LogP contribution < -0.4 is 0 Å². The van der Waals surface area contributed by atoms with E-state index in [1.54, 1.807) is 0 Å². The van der Waals surface area contributed by atoms with Crippen molar-refractivity contribution in [2.75, 3.05) is 0 Å². The van der Waals surface area contributed by atoms with Crippen LogP contribution in [0.4, 0.5) is 0 Å². The molecule has 0 aliphatic carbocycles. The molecule has 17 heavy (non-hydrogen) atoms. The first kappa shape index (κ1) is 9.58. The lowest BCUT2D eigenvalue weighted by atomic mass is 10.0. The molecule has 0 saturated heterocycles. The van der Waals surface area contributed by atoms with E-state index in [2.05, 4.69) is 41.2 Å². The number of hydrogen-bond donors (Lipinski definition) is 2. The number of benzene rings is 1. The van der Waals surface area contributed by atoms with Crippen molar-refractivity contribution < 1.29 is 0 Å². The largest absolute Gasteiger partial charge is 0.204 e. The van der Waals surface area contributed by atoms with E-state index in [4.69, 9.17) is 0 Å². The molecule has 0 aliphatic heterocycles. The van der Waals surface area contributed by atoms with E-state index in [1.807, 2.05) is 25.1 Å². The highest BCUT2D eigenvalue weighted by atomic mass is 15.5. The number of nitrogens with one attached hydrogen (secondary N) is 2. The molecule has 3 aromatic rings. The molecule has 2 aromatic heterocycles. The molecule has 0 radical (unpaired) electrons. The van der Waals surface area contributed by atoms with Crippen molar-refractivity contribution in [1.29, 1.82) is 0 Å². The second-order valence-electron chi connectivity index (χ2n) is 3.50. The first-order chi connectivity index (χ1) is 8.34. The molecule has 8 heteroatoms. The van der Waals surface area contributed by atoms with Crippen molar-refractivity contribution in [3.8, 4) is 22.8 Å². The summed E-state index contributed by atoms with van der Waals surface area (Å²) in [5.41, 5.74) is 2.84. The van der Waals surface area contributed by atoms with Crippen LogP contribution in [0.2, 0.25) is 0 Å². The van der Waals surface area contributed by atoms with Crippen LogP contribution in [0.5, 0.6) is 0 Å². The average Bonchev–Trinajstić information content (AvgIpc) is 3.02. The number of hydrogen-bond acceptors (Lipinski definition) is 6. The SMILES string of the molecule is Cc1cc(-c2nn[nH]n2)ccc1-c1nn[nH]n1. The van der Waals surface area contributed by atoms with Crippen molar-refractivity contribution in [3.05, 3.63) is 23.8 Å². The quantitative estimate of drug-likeness (QED) is 0.655. The van der Waals surface area contributed by atoms with Crippen molar-refractivity contribution in [3.63, 3.8) is 0 Å². The summed E-state index contributed by atoms with van der Waals surface area (Å²) in [7, 11) is 0. The second-order valence-corrected chi connectivity index (χ2v) is 3.50. The molecule has 3 rings (SSSR count). The van der Waals surface area contributed by atoms with Crippen LogP contribution in [-0.2, 0) is 0 Å². The maximum atomic E-state index is 3.94. The van der Waals surface area contributed by atoms with Crippen molar-refractivity contribution in [2.24, 2.45) is 0 Å². The van der Waals surface area contributed by atoms with Gasteiger partial charge < -0.3 is 0 Å². The summed E-state index contributed by atoms with van der Waals surface area (Å²) in [6.07, 6.45) is 0. The number of rotatable bonds is 2. The molecule has 0 saturated carbocycles. The van der Waals surface area contributed by atoms with Gasteiger partial charge in [-0.05, 0) is 29.0 Å². The molecular weight excluding hydrogens is 220 g/mol. The Labute approximate surface area is 95.5 Å². The fraction of sp³-hybridized carbons (Fsp3) is 0.111. The van der Waals surface area contributed by atoms with Gasteiger partial charge in [0.2, 0.25) is 11.6 Å². The molecule has 0 fully saturated rings. The lowest BCUT2D eigenvalue weighted by Gasteiger charge is -2.02. The number of aryl methyl sites for hydroxylation is 1. The molecule has 0 aliphatic rings. The Morgan fingerprint density at radius 2 is 1.65 bits per heavy atom. The zero-order valence-electron chi connectivity index (χ0n) is 8.92. The molecule has 1 aromatic carbocycles. The summed E-state index contributed by atoms with van der Waals surface area (Å²) in [5, 5.41) is 27.6. The van der Waals surface area contributed by atoms with Crippen LogP contribution in [0, 0.1) is 6.92 Å². The fourth-order valence-electron chi connectivity index (χ4n) is 1.61. The van der Waals surface area contributed by atoms with Gasteiger partial charge in [-0.3, -0.25) is 0 Å². The highest BCUT2D eigenvalue weighted by Crippen LogP contribution is 2.23. The van der Waals surface area contributed by atoms with Crippen LogP contribution in [0.1, 0.15) is 5.56 Å². The van der Waals surface area contributed by atoms with Crippen LogP contribution in [0.25, 0.3) is 22.8 Å². The van der Waals surface area contributed by atoms with Crippen LogP contribution in [0.15, 0.2) is 18.2 Å². The predicted octanol–water partition coefficient (Wildman–Crippen LogP) is 0.355. The van der Waals surface area contributed by atoms with Gasteiger partial charge in [0.1, 0.15) is 0 Å². The molecule has 0 bridgehead atoms. The second kappa shape index (κ2) is 3.74. The third-order valence-electron chi connectivity index (χ3n) is 2.42. The molecule has 0 amide bonds. The Morgan fingerprint density at radius 3 is 2.24 bits per heavy atom. The smallest absolute Gasteiger partial charge is 0.177 e. The van der Waals surface area contributed by atoms with Gasteiger partial charge in [-0.1, -0.05) is 12.1 Å². The third kappa shape index (κ3) is 1.65. The van der Waals surface area contributed by atoms with E-state index in [-0.39, 0.29) is 0 Å². The molecular formula is C9H8N8. The molecule has 0 spiro atoms. The summed E-state index contributed by atoms with van der Waals surface area (Å²) < 4.78 is 0. The summed E-state index contributed by atoms with van der Waals surface area (Å²) in [6, 6.07) is 5.76. The lowest BCUT2D eigenvalue weighted by Crippen LogP contribution is -1.88. The minimum Gasteiger partial charge on any atom is -0.177 e. The monoisotopic (exact) mass is 228 g/mol. The maximum absolute atomic E-state index is 3.94. The lowest BCUT2D eigenvalue weighted by molar-refractivity contribution is 0.881. The van der Waals surface area contributed by atoms with E-state index >= 15 is 0 Å². The Balaban J connectivity index is 2.06. The Kier molecular flexibility index (Phi) is 2.11. The van der Waals surface area contributed by atoms with Gasteiger partial charge in [-0.2, -0.15) is 10.4 Å². The first-order valence-electron chi connectivity index (χ1n) is 4.93. The number of aromatic nitrogens is 8. The van der Waals surface area contributed by atoms with Crippen molar-refractivity contribution >= 4 is 0 Å². The van der Waals surface area contributed by atoms with E-state index in [1.165, 1.54) is 0 Å². The molecule has 8 nitrogen and oxygen atoms in total. The van der Waals surface area contributed by atoms with Gasteiger partial charge in [0.05, 0.1) is 0 Å². The van der Waals surface area contributed by atoms with Crippen LogP contribution in [0.3, 0.4) is 0 Å². The standard InChI is InChI=1S/C9H8N8/c1-5-4-6(8-10-14-15-11-8)2-3-7(5)9-12-16-17-13-9/h2-4H,1H3,(H,10,11,14,15)(H,12,13,16,17). The Morgan fingerprint density at radius 1 is 0.941 bits per heavy atom. The summed E-state index contributed by atoms with van der Waals surface area (Å²) >= 11 is 0. The van der Waals surface area contributed by atoms with E-state index in [0.717, 1.165) is 16.7 Å². The molecule has 2 N–H and O–H groups in total. The maximum Gasteiger partial charge on any atom is 0.204 e. The zero-order valence-corrected chi connectivity index (χ0v) is 8.92. The number of nitrogens with zero attached hydrogens (tertiary/aromatic N) is 6. The molecule has 0 unspecified atom stereocenters. The Bertz CT molecular complexity index is 613. The van der Waals surface area contributed by atoms with E-state index in [0.29, 0.717) is 11.6 Å². The van der Waals surface area contributed by atoms with Gasteiger partial charge >= 0.3 is 0 Å². The normalized spacial score (nSPS) is 10.6. The molecule has 0 atom stereocenters. The first-order valence-corrected chi connectivity index (χ1v) is 4.93. The fourth-order valence-corrected chi connectivity index (χ4v) is 1.61.